The van der Waals surface area contributed by atoms with Gasteiger partial charge in [-0.3, -0.25) is 9.59 Å². The molecule has 1 aliphatic heterocycles. The summed E-state index contributed by atoms with van der Waals surface area (Å²) in [7, 11) is 0. The van der Waals surface area contributed by atoms with E-state index in [2.05, 4.69) is 0 Å². The summed E-state index contributed by atoms with van der Waals surface area (Å²) >= 11 is 7.37. The molecule has 0 atom stereocenters. The van der Waals surface area contributed by atoms with Gasteiger partial charge in [-0.2, -0.15) is 0 Å². The van der Waals surface area contributed by atoms with Gasteiger partial charge in [0, 0.05) is 10.3 Å². The number of rotatable bonds is 6. The first-order valence-corrected chi connectivity index (χ1v) is 9.96. The summed E-state index contributed by atoms with van der Waals surface area (Å²) in [5, 5.41) is 0.747. The molecule has 0 fully saturated rings. The van der Waals surface area contributed by atoms with E-state index in [1.807, 2.05) is 20.8 Å². The summed E-state index contributed by atoms with van der Waals surface area (Å²) in [6, 6.07) is 13.9. The maximum absolute atomic E-state index is 13.2. The average molecular weight is 402 g/mol. The van der Waals surface area contributed by atoms with Gasteiger partial charge < -0.3 is 4.74 Å². The summed E-state index contributed by atoms with van der Waals surface area (Å²) in [5.41, 5.74) is 1.64. The second-order valence-electron chi connectivity index (χ2n) is 6.25. The fraction of sp³-hybridized carbons (Fsp3) is 0.238. The average Bonchev–Trinajstić information content (AvgIpc) is 2.87. The number of hydrogen-bond donors (Lipinski definition) is 0. The second kappa shape index (κ2) is 8.19. The van der Waals surface area contributed by atoms with E-state index in [1.165, 1.54) is 16.7 Å². The number of thioether (sulfide) groups is 1. The number of halogens is 1. The van der Waals surface area contributed by atoms with Gasteiger partial charge in [0.15, 0.2) is 0 Å². The summed E-state index contributed by atoms with van der Waals surface area (Å²) < 4.78 is 5.44. The Labute approximate surface area is 168 Å². The van der Waals surface area contributed by atoms with Gasteiger partial charge in [-0.25, -0.2) is 4.90 Å². The molecule has 4 nitrogen and oxygen atoms in total. The van der Waals surface area contributed by atoms with E-state index in [1.54, 1.807) is 48.5 Å². The first-order chi connectivity index (χ1) is 12.9. The van der Waals surface area contributed by atoms with Crippen molar-refractivity contribution in [1.82, 2.24) is 0 Å². The van der Waals surface area contributed by atoms with Gasteiger partial charge >= 0.3 is 0 Å². The van der Waals surface area contributed by atoms with Gasteiger partial charge in [0.1, 0.15) is 5.75 Å². The molecule has 2 amide bonds. The van der Waals surface area contributed by atoms with Gasteiger partial charge in [0.05, 0.1) is 22.8 Å². The maximum Gasteiger partial charge on any atom is 0.272 e. The lowest BCUT2D eigenvalue weighted by Gasteiger charge is -2.16. The number of imide groups is 1. The first-order valence-electron chi connectivity index (χ1n) is 8.71. The van der Waals surface area contributed by atoms with Crippen molar-refractivity contribution >= 4 is 46.4 Å². The van der Waals surface area contributed by atoms with Crippen molar-refractivity contribution < 1.29 is 14.3 Å². The topological polar surface area (TPSA) is 46.6 Å². The second-order valence-corrected chi connectivity index (χ2v) is 8.27. The molecule has 0 aromatic heterocycles. The van der Waals surface area contributed by atoms with Crippen molar-refractivity contribution in [3.05, 3.63) is 64.0 Å². The van der Waals surface area contributed by atoms with Gasteiger partial charge in [-0.05, 0) is 48.9 Å². The van der Waals surface area contributed by atoms with Crippen molar-refractivity contribution in [2.75, 3.05) is 11.5 Å². The zero-order valence-corrected chi connectivity index (χ0v) is 16.9. The third-order valence-corrected chi connectivity index (χ3v) is 5.27. The molecular weight excluding hydrogens is 382 g/mol. The minimum Gasteiger partial charge on any atom is -0.494 e. The Morgan fingerprint density at radius 3 is 2.19 bits per heavy atom. The van der Waals surface area contributed by atoms with Crippen molar-refractivity contribution in [3.8, 4) is 5.75 Å². The van der Waals surface area contributed by atoms with Crippen LogP contribution in [0.1, 0.15) is 26.3 Å². The lowest BCUT2D eigenvalue weighted by atomic mass is 10.1. The van der Waals surface area contributed by atoms with E-state index >= 15 is 0 Å². The third-order valence-electron chi connectivity index (χ3n) is 3.93. The smallest absolute Gasteiger partial charge is 0.272 e. The molecule has 0 N–H and O–H groups in total. The first kappa shape index (κ1) is 19.5. The summed E-state index contributed by atoms with van der Waals surface area (Å²) in [4.78, 5) is 27.9. The quantitative estimate of drug-likeness (QED) is 0.627. The Hall–Kier alpha value is -2.24. The number of nitrogens with zero attached hydrogens (tertiary/aromatic N) is 1. The molecule has 2 aromatic rings. The Morgan fingerprint density at radius 2 is 1.63 bits per heavy atom. The van der Waals surface area contributed by atoms with E-state index in [0.717, 1.165) is 0 Å². The SMILES string of the molecule is CCOc1ccc(N2C(=O)C(SC(C)C)=C(c3ccc(Cl)cc3)C2=O)cc1. The molecule has 0 aliphatic carbocycles. The maximum atomic E-state index is 13.2. The number of carbonyl (C=O) groups is 2. The van der Waals surface area contributed by atoms with E-state index in [-0.39, 0.29) is 17.1 Å². The van der Waals surface area contributed by atoms with Crippen molar-refractivity contribution in [3.63, 3.8) is 0 Å². The predicted octanol–water partition coefficient (Wildman–Crippen LogP) is 5.16. The van der Waals surface area contributed by atoms with Crippen LogP contribution < -0.4 is 9.64 Å². The molecule has 1 heterocycles. The van der Waals surface area contributed by atoms with Gasteiger partial charge in [0.2, 0.25) is 0 Å². The lowest BCUT2D eigenvalue weighted by molar-refractivity contribution is -0.119. The van der Waals surface area contributed by atoms with Crippen LogP contribution in [0.3, 0.4) is 0 Å². The number of carbonyl (C=O) groups excluding carboxylic acids is 2. The summed E-state index contributed by atoms with van der Waals surface area (Å²) in [6.45, 7) is 6.44. The normalized spacial score (nSPS) is 14.5. The Morgan fingerprint density at radius 1 is 1.00 bits per heavy atom. The molecule has 0 radical (unpaired) electrons. The number of anilines is 1. The van der Waals surface area contributed by atoms with E-state index < -0.39 is 0 Å². The van der Waals surface area contributed by atoms with Crippen molar-refractivity contribution in [2.45, 2.75) is 26.0 Å². The van der Waals surface area contributed by atoms with Gasteiger partial charge in [0.25, 0.3) is 11.8 Å². The minimum atomic E-state index is -0.324. The van der Waals surface area contributed by atoms with Crippen LogP contribution in [0.5, 0.6) is 5.75 Å². The Kier molecular flexibility index (Phi) is 5.92. The van der Waals surface area contributed by atoms with Crippen LogP contribution in [-0.4, -0.2) is 23.7 Å². The van der Waals surface area contributed by atoms with Crippen LogP contribution in [0.15, 0.2) is 53.4 Å². The molecule has 2 aromatic carbocycles. The molecule has 6 heteroatoms. The molecule has 0 saturated heterocycles. The highest BCUT2D eigenvalue weighted by Crippen LogP contribution is 2.40. The van der Waals surface area contributed by atoms with Crippen LogP contribution >= 0.6 is 23.4 Å². The number of amides is 2. The zero-order chi connectivity index (χ0) is 19.6. The van der Waals surface area contributed by atoms with Gasteiger partial charge in [-0.15, -0.1) is 11.8 Å². The van der Waals surface area contributed by atoms with E-state index in [0.29, 0.717) is 39.1 Å². The predicted molar refractivity (Wildman–Crippen MR) is 111 cm³/mol. The Balaban J connectivity index is 2.02. The summed E-state index contributed by atoms with van der Waals surface area (Å²) in [5.74, 6) is 0.0745. The largest absolute Gasteiger partial charge is 0.494 e. The third kappa shape index (κ3) is 4.04. The molecule has 0 spiro atoms. The van der Waals surface area contributed by atoms with Crippen LogP contribution in [0.25, 0.3) is 5.57 Å². The highest BCUT2D eigenvalue weighted by molar-refractivity contribution is 8.04. The monoisotopic (exact) mass is 401 g/mol. The van der Waals surface area contributed by atoms with Crippen LogP contribution in [-0.2, 0) is 9.59 Å². The van der Waals surface area contributed by atoms with Gasteiger partial charge in [-0.1, -0.05) is 37.6 Å². The van der Waals surface area contributed by atoms with E-state index in [4.69, 9.17) is 16.3 Å². The number of benzene rings is 2. The van der Waals surface area contributed by atoms with Crippen LogP contribution in [0, 0.1) is 0 Å². The zero-order valence-electron chi connectivity index (χ0n) is 15.4. The Bertz CT molecular complexity index is 889. The molecule has 3 rings (SSSR count). The number of ether oxygens (including phenoxy) is 1. The standard InChI is InChI=1S/C21H20ClNO3S/c1-4-26-17-11-9-16(10-12-17)23-20(24)18(14-5-7-15(22)8-6-14)19(21(23)25)27-13(2)3/h5-13H,4H2,1-3H3. The van der Waals surface area contributed by atoms with E-state index in [9.17, 15) is 9.59 Å². The fourth-order valence-corrected chi connectivity index (χ4v) is 3.93. The van der Waals surface area contributed by atoms with Crippen molar-refractivity contribution in [2.24, 2.45) is 0 Å². The van der Waals surface area contributed by atoms with Crippen LogP contribution in [0.4, 0.5) is 5.69 Å². The molecule has 0 unspecified atom stereocenters. The highest BCUT2D eigenvalue weighted by Gasteiger charge is 2.40. The summed E-state index contributed by atoms with van der Waals surface area (Å²) in [6.07, 6.45) is 0. The highest BCUT2D eigenvalue weighted by atomic mass is 35.5. The van der Waals surface area contributed by atoms with Crippen molar-refractivity contribution in [1.29, 1.82) is 0 Å². The molecule has 0 bridgehead atoms. The molecule has 1 aliphatic rings. The molecular formula is C21H20ClNO3S. The molecule has 0 saturated carbocycles. The number of hydrogen-bond acceptors (Lipinski definition) is 4. The minimum absolute atomic E-state index is 0.166. The van der Waals surface area contributed by atoms with Crippen LogP contribution in [0.2, 0.25) is 5.02 Å². The fourth-order valence-electron chi connectivity index (χ4n) is 2.82. The molecule has 140 valence electrons. The lowest BCUT2D eigenvalue weighted by Crippen LogP contribution is -2.31. The molecule has 27 heavy (non-hydrogen) atoms.